The minimum absolute atomic E-state index is 0.103. The van der Waals surface area contributed by atoms with Gasteiger partial charge >= 0.3 is 8.56 Å². The molecule has 0 rings (SSSR count). The Morgan fingerprint density at radius 2 is 1.43 bits per heavy atom. The maximum atomic E-state index is 9.89. The van der Waals surface area contributed by atoms with Crippen LogP contribution >= 0.6 is 0 Å². The molecule has 3 nitrogen and oxygen atoms in total. The van der Waals surface area contributed by atoms with E-state index in [2.05, 4.69) is 0 Å². The van der Waals surface area contributed by atoms with E-state index in [0.717, 1.165) is 0 Å². The van der Waals surface area contributed by atoms with Crippen LogP contribution in [0.2, 0.25) is 6.55 Å². The molecule has 0 heterocycles. The van der Waals surface area contributed by atoms with Gasteiger partial charge in [0.25, 0.3) is 0 Å². The lowest BCUT2D eigenvalue weighted by atomic mass is 10.5. The fraction of sp³-hybridized carbons (Fsp3) is 1.00. The van der Waals surface area contributed by atoms with Crippen LogP contribution in [0.1, 0.15) is 41.0 Å². The number of rotatable bonds is 6. The number of hydrogen-bond acceptors (Lipinski definition) is 3. The third-order valence-electron chi connectivity index (χ3n) is 1.93. The first-order valence-electron chi connectivity index (χ1n) is 5.35. The Morgan fingerprint density at radius 1 is 1.07 bits per heavy atom. The molecular formula is C10H24O3Si. The molecule has 1 unspecified atom stereocenters. The number of hydrogen-bond donors (Lipinski definition) is 1. The van der Waals surface area contributed by atoms with E-state index in [-0.39, 0.29) is 12.2 Å². The molecule has 0 bridgehead atoms. The fourth-order valence-electron chi connectivity index (χ4n) is 1.49. The molecule has 0 saturated heterocycles. The van der Waals surface area contributed by atoms with Crippen LogP contribution in [-0.4, -0.2) is 31.6 Å². The maximum absolute atomic E-state index is 9.89. The van der Waals surface area contributed by atoms with Gasteiger partial charge in [-0.15, -0.1) is 0 Å². The molecule has 0 aliphatic carbocycles. The molecule has 0 amide bonds. The number of aliphatic hydroxyl groups is 1. The minimum Gasteiger partial charge on any atom is -0.391 e. The summed E-state index contributed by atoms with van der Waals surface area (Å²) in [4.78, 5) is 0. The summed E-state index contributed by atoms with van der Waals surface area (Å²) in [7, 11) is -2.42. The van der Waals surface area contributed by atoms with Crippen LogP contribution in [0, 0.1) is 0 Å². The Bertz CT molecular complexity index is 149. The van der Waals surface area contributed by atoms with E-state index < -0.39 is 14.3 Å². The zero-order chi connectivity index (χ0) is 11.4. The zero-order valence-corrected chi connectivity index (χ0v) is 11.2. The Labute approximate surface area is 88.7 Å². The van der Waals surface area contributed by atoms with Crippen molar-refractivity contribution in [1.29, 1.82) is 0 Å². The predicted octanol–water partition coefficient (Wildman–Crippen LogP) is 2.22. The number of aliphatic hydroxyl groups excluding tert-OH is 1. The molecule has 0 fully saturated rings. The first kappa shape index (κ1) is 14.1. The van der Waals surface area contributed by atoms with Gasteiger partial charge < -0.3 is 14.0 Å². The average molecular weight is 220 g/mol. The molecule has 0 spiro atoms. The van der Waals surface area contributed by atoms with Crippen LogP contribution in [0.15, 0.2) is 0 Å². The summed E-state index contributed by atoms with van der Waals surface area (Å²) in [5.74, 6) is 0. The van der Waals surface area contributed by atoms with Gasteiger partial charge in [0, 0.05) is 12.2 Å². The van der Waals surface area contributed by atoms with Crippen molar-refractivity contribution in [2.45, 2.75) is 65.5 Å². The maximum Gasteiger partial charge on any atom is 0.364 e. The van der Waals surface area contributed by atoms with E-state index in [1.165, 1.54) is 0 Å². The van der Waals surface area contributed by atoms with Gasteiger partial charge in [0.1, 0.15) is 0 Å². The molecule has 14 heavy (non-hydrogen) atoms. The van der Waals surface area contributed by atoms with Gasteiger partial charge in [-0.3, -0.25) is 0 Å². The SMILES string of the molecule is CCC(O)[Si](C)(OC(C)C)OC(C)C. The second kappa shape index (κ2) is 5.85. The molecule has 0 aromatic rings. The Kier molecular flexibility index (Phi) is 5.89. The first-order valence-corrected chi connectivity index (χ1v) is 7.75. The molecular weight excluding hydrogens is 196 g/mol. The van der Waals surface area contributed by atoms with Crippen molar-refractivity contribution in [1.82, 2.24) is 0 Å². The summed E-state index contributed by atoms with van der Waals surface area (Å²) in [6, 6.07) is 0. The summed E-state index contributed by atoms with van der Waals surface area (Å²) in [6.07, 6.45) is 0.889. The van der Waals surface area contributed by atoms with Gasteiger partial charge in [-0.05, 0) is 40.7 Å². The average Bonchev–Trinajstić information content (AvgIpc) is 1.99. The zero-order valence-electron chi connectivity index (χ0n) is 10.2. The molecule has 0 aliphatic rings. The van der Waals surface area contributed by atoms with Gasteiger partial charge in [-0.2, -0.15) is 0 Å². The van der Waals surface area contributed by atoms with Gasteiger partial charge in [-0.1, -0.05) is 6.92 Å². The molecule has 1 N–H and O–H groups in total. The second-order valence-corrected chi connectivity index (χ2v) is 7.44. The molecule has 0 radical (unpaired) electrons. The summed E-state index contributed by atoms with van der Waals surface area (Å²) in [5, 5.41) is 9.89. The smallest absolute Gasteiger partial charge is 0.364 e. The normalized spacial score (nSPS) is 15.2. The van der Waals surface area contributed by atoms with Gasteiger partial charge in [0.05, 0.1) is 5.73 Å². The van der Waals surface area contributed by atoms with E-state index in [1.807, 2.05) is 41.2 Å². The third kappa shape index (κ3) is 4.55. The standard InChI is InChI=1S/C10H24O3Si/c1-7-10(11)14(6,12-8(2)3)13-9(4)5/h8-11H,7H2,1-6H3. The van der Waals surface area contributed by atoms with Crippen LogP contribution in [0.5, 0.6) is 0 Å². The largest absolute Gasteiger partial charge is 0.391 e. The van der Waals surface area contributed by atoms with E-state index >= 15 is 0 Å². The lowest BCUT2D eigenvalue weighted by Crippen LogP contribution is -2.53. The second-order valence-electron chi connectivity index (χ2n) is 4.27. The highest BCUT2D eigenvalue weighted by molar-refractivity contribution is 6.67. The van der Waals surface area contributed by atoms with Crippen molar-refractivity contribution in [3.8, 4) is 0 Å². The summed E-state index contributed by atoms with van der Waals surface area (Å²) < 4.78 is 11.5. The fourth-order valence-corrected chi connectivity index (χ4v) is 4.48. The quantitative estimate of drug-likeness (QED) is 0.698. The molecule has 0 aromatic carbocycles. The Hall–Kier alpha value is 0.0969. The summed E-state index contributed by atoms with van der Waals surface area (Å²) in [5.41, 5.74) is -0.452. The Morgan fingerprint density at radius 3 is 1.64 bits per heavy atom. The van der Waals surface area contributed by atoms with Crippen LogP contribution in [0.4, 0.5) is 0 Å². The van der Waals surface area contributed by atoms with Crippen molar-refractivity contribution < 1.29 is 14.0 Å². The lowest BCUT2D eigenvalue weighted by Gasteiger charge is -2.34. The molecule has 0 saturated carbocycles. The summed E-state index contributed by atoms with van der Waals surface area (Å²) >= 11 is 0. The molecule has 4 heteroatoms. The van der Waals surface area contributed by atoms with E-state index in [9.17, 15) is 5.11 Å². The Balaban J connectivity index is 4.48. The van der Waals surface area contributed by atoms with E-state index in [0.29, 0.717) is 6.42 Å². The van der Waals surface area contributed by atoms with E-state index in [1.54, 1.807) is 0 Å². The summed E-state index contributed by atoms with van der Waals surface area (Å²) in [6.45, 7) is 11.8. The van der Waals surface area contributed by atoms with Gasteiger partial charge in [-0.25, -0.2) is 0 Å². The predicted molar refractivity (Wildman–Crippen MR) is 60.4 cm³/mol. The van der Waals surface area contributed by atoms with Crippen LogP contribution in [0.3, 0.4) is 0 Å². The highest BCUT2D eigenvalue weighted by atomic mass is 28.4. The molecule has 0 aliphatic heterocycles. The molecule has 1 atom stereocenters. The molecule has 0 aromatic heterocycles. The molecule has 86 valence electrons. The van der Waals surface area contributed by atoms with Crippen molar-refractivity contribution in [2.75, 3.05) is 0 Å². The van der Waals surface area contributed by atoms with Crippen LogP contribution in [0.25, 0.3) is 0 Å². The third-order valence-corrected chi connectivity index (χ3v) is 5.43. The van der Waals surface area contributed by atoms with E-state index in [4.69, 9.17) is 8.85 Å². The van der Waals surface area contributed by atoms with Crippen LogP contribution in [-0.2, 0) is 8.85 Å². The first-order chi connectivity index (χ1) is 6.31. The van der Waals surface area contributed by atoms with Crippen molar-refractivity contribution in [3.05, 3.63) is 0 Å². The monoisotopic (exact) mass is 220 g/mol. The van der Waals surface area contributed by atoms with Crippen molar-refractivity contribution in [3.63, 3.8) is 0 Å². The van der Waals surface area contributed by atoms with Crippen molar-refractivity contribution >= 4 is 8.56 Å². The van der Waals surface area contributed by atoms with Crippen molar-refractivity contribution in [2.24, 2.45) is 0 Å². The minimum atomic E-state index is -2.42. The lowest BCUT2D eigenvalue weighted by molar-refractivity contribution is 0.0636. The van der Waals surface area contributed by atoms with Gasteiger partial charge in [0.15, 0.2) is 0 Å². The van der Waals surface area contributed by atoms with Crippen LogP contribution < -0.4 is 0 Å². The highest BCUT2D eigenvalue weighted by Crippen LogP contribution is 2.19. The van der Waals surface area contributed by atoms with Gasteiger partial charge in [0.2, 0.25) is 0 Å². The highest BCUT2D eigenvalue weighted by Gasteiger charge is 2.41. The topological polar surface area (TPSA) is 38.7 Å².